The number of ether oxygens (including phenoxy) is 1. The third kappa shape index (κ3) is 4.72. The maximum absolute atomic E-state index is 11.9. The quantitative estimate of drug-likeness (QED) is 0.803. The lowest BCUT2D eigenvalue weighted by molar-refractivity contribution is -0.115. The van der Waals surface area contributed by atoms with E-state index in [0.29, 0.717) is 12.6 Å². The molecule has 1 aliphatic heterocycles. The van der Waals surface area contributed by atoms with Crippen LogP contribution in [0.4, 0.5) is 5.69 Å². The van der Waals surface area contributed by atoms with Crippen LogP contribution >= 0.6 is 0 Å². The summed E-state index contributed by atoms with van der Waals surface area (Å²) in [5.41, 5.74) is 0.761. The average molecular weight is 291 g/mol. The Labute approximate surface area is 126 Å². The highest BCUT2D eigenvalue weighted by molar-refractivity contribution is 5.92. The molecule has 5 heteroatoms. The van der Waals surface area contributed by atoms with Crippen molar-refractivity contribution in [3.8, 4) is 5.75 Å². The number of likely N-dealkylation sites (N-methyl/N-ethyl adjacent to an activating group) is 1. The molecule has 2 N–H and O–H groups in total. The van der Waals surface area contributed by atoms with E-state index in [2.05, 4.69) is 22.5 Å². The maximum atomic E-state index is 11.9. The predicted octanol–water partition coefficient (Wildman–Crippen LogP) is 1.71. The second kappa shape index (κ2) is 8.00. The lowest BCUT2D eigenvalue weighted by atomic mass is 10.2. The summed E-state index contributed by atoms with van der Waals surface area (Å²) in [5.74, 6) is 0.717. The van der Waals surface area contributed by atoms with Gasteiger partial charge < -0.3 is 15.4 Å². The van der Waals surface area contributed by atoms with Crippen molar-refractivity contribution < 1.29 is 9.53 Å². The molecule has 116 valence electrons. The summed E-state index contributed by atoms with van der Waals surface area (Å²) in [6.07, 6.45) is 2.48. The lowest BCUT2D eigenvalue weighted by Gasteiger charge is -2.22. The molecule has 0 spiro atoms. The molecule has 1 heterocycles. The Hall–Kier alpha value is -1.59. The van der Waals surface area contributed by atoms with Crippen molar-refractivity contribution in [2.75, 3.05) is 38.6 Å². The van der Waals surface area contributed by atoms with Crippen LogP contribution in [0.2, 0.25) is 0 Å². The van der Waals surface area contributed by atoms with Crippen molar-refractivity contribution in [3.63, 3.8) is 0 Å². The molecule has 1 atom stereocenters. The minimum atomic E-state index is -0.0238. The molecule has 0 aliphatic carbocycles. The monoisotopic (exact) mass is 291 g/mol. The molecule has 5 nitrogen and oxygen atoms in total. The molecule has 0 saturated carbocycles. The number of likely N-dealkylation sites (tertiary alicyclic amines) is 1. The van der Waals surface area contributed by atoms with E-state index >= 15 is 0 Å². The fourth-order valence-corrected chi connectivity index (χ4v) is 2.80. The number of nitrogens with zero attached hydrogens (tertiary/aromatic N) is 1. The van der Waals surface area contributed by atoms with Gasteiger partial charge in [-0.15, -0.1) is 0 Å². The first kappa shape index (κ1) is 15.8. The highest BCUT2D eigenvalue weighted by Gasteiger charge is 2.22. The first-order valence-electron chi connectivity index (χ1n) is 7.61. The Bertz CT molecular complexity index is 465. The number of hydrogen-bond donors (Lipinski definition) is 2. The van der Waals surface area contributed by atoms with Crippen LogP contribution in [0.15, 0.2) is 24.3 Å². The van der Waals surface area contributed by atoms with E-state index in [1.165, 1.54) is 19.4 Å². The number of carbonyl (C=O) groups is 1. The van der Waals surface area contributed by atoms with Crippen LogP contribution in [0.5, 0.6) is 5.75 Å². The van der Waals surface area contributed by atoms with Gasteiger partial charge in [-0.3, -0.25) is 9.69 Å². The van der Waals surface area contributed by atoms with Crippen molar-refractivity contribution in [2.45, 2.75) is 25.8 Å². The zero-order valence-corrected chi connectivity index (χ0v) is 12.9. The minimum Gasteiger partial charge on any atom is -0.497 e. The van der Waals surface area contributed by atoms with Crippen LogP contribution in [0.3, 0.4) is 0 Å². The lowest BCUT2D eigenvalue weighted by Crippen LogP contribution is -2.40. The summed E-state index contributed by atoms with van der Waals surface area (Å²) in [7, 11) is 1.61. The van der Waals surface area contributed by atoms with E-state index in [-0.39, 0.29) is 5.91 Å². The summed E-state index contributed by atoms with van der Waals surface area (Å²) in [6.45, 7) is 5.67. The van der Waals surface area contributed by atoms with Crippen LogP contribution in [0.25, 0.3) is 0 Å². The Morgan fingerprint density at radius 1 is 1.48 bits per heavy atom. The fourth-order valence-electron chi connectivity index (χ4n) is 2.80. The van der Waals surface area contributed by atoms with Crippen LogP contribution in [0, 0.1) is 0 Å². The van der Waals surface area contributed by atoms with Gasteiger partial charge in [-0.2, -0.15) is 0 Å². The van der Waals surface area contributed by atoms with Crippen molar-refractivity contribution in [2.24, 2.45) is 0 Å². The van der Waals surface area contributed by atoms with Crippen molar-refractivity contribution in [1.82, 2.24) is 10.2 Å². The number of hydrogen-bond acceptors (Lipinski definition) is 4. The Balaban J connectivity index is 1.72. The van der Waals surface area contributed by atoms with Crippen molar-refractivity contribution >= 4 is 11.6 Å². The molecule has 0 bridgehead atoms. The number of rotatable bonds is 7. The van der Waals surface area contributed by atoms with E-state index in [4.69, 9.17) is 4.74 Å². The average Bonchev–Trinajstić information content (AvgIpc) is 2.95. The first-order valence-corrected chi connectivity index (χ1v) is 7.61. The summed E-state index contributed by atoms with van der Waals surface area (Å²) in [5, 5.41) is 6.13. The number of carbonyl (C=O) groups excluding carboxylic acids is 1. The summed E-state index contributed by atoms with van der Waals surface area (Å²) >= 11 is 0. The molecular weight excluding hydrogens is 266 g/mol. The first-order chi connectivity index (χ1) is 10.2. The van der Waals surface area contributed by atoms with Gasteiger partial charge in [0.05, 0.1) is 13.7 Å². The number of nitrogens with one attached hydrogen (secondary N) is 2. The molecule has 1 aromatic carbocycles. The Morgan fingerprint density at radius 3 is 3.10 bits per heavy atom. The summed E-state index contributed by atoms with van der Waals surface area (Å²) in [4.78, 5) is 14.4. The molecular formula is C16H25N3O2. The smallest absolute Gasteiger partial charge is 0.238 e. The van der Waals surface area contributed by atoms with E-state index in [1.54, 1.807) is 7.11 Å². The molecule has 1 fully saturated rings. The van der Waals surface area contributed by atoms with Gasteiger partial charge in [-0.1, -0.05) is 13.0 Å². The Kier molecular flexibility index (Phi) is 6.02. The standard InChI is InChI=1S/C16H25N3O2/c1-3-19-9-5-7-14(19)11-17-12-16(20)18-13-6-4-8-15(10-13)21-2/h4,6,8,10,14,17H,3,5,7,9,11-12H2,1-2H3,(H,18,20). The molecule has 1 aliphatic rings. The zero-order valence-electron chi connectivity index (χ0n) is 12.9. The van der Waals surface area contributed by atoms with Gasteiger partial charge >= 0.3 is 0 Å². The number of amides is 1. The third-order valence-electron chi connectivity index (χ3n) is 3.92. The Morgan fingerprint density at radius 2 is 2.33 bits per heavy atom. The number of anilines is 1. The third-order valence-corrected chi connectivity index (χ3v) is 3.92. The van der Waals surface area contributed by atoms with Crippen LogP contribution in [0.1, 0.15) is 19.8 Å². The van der Waals surface area contributed by atoms with Gasteiger partial charge in [0.25, 0.3) is 0 Å². The predicted molar refractivity (Wildman–Crippen MR) is 84.8 cm³/mol. The van der Waals surface area contributed by atoms with E-state index in [1.807, 2.05) is 24.3 Å². The second-order valence-corrected chi connectivity index (χ2v) is 5.34. The SMILES string of the molecule is CCN1CCCC1CNCC(=O)Nc1cccc(OC)c1. The van der Waals surface area contributed by atoms with Crippen LogP contribution < -0.4 is 15.4 Å². The topological polar surface area (TPSA) is 53.6 Å². The van der Waals surface area contributed by atoms with Crippen LogP contribution in [-0.2, 0) is 4.79 Å². The zero-order chi connectivity index (χ0) is 15.1. The van der Waals surface area contributed by atoms with Gasteiger partial charge in [0, 0.05) is 24.3 Å². The van der Waals surface area contributed by atoms with Gasteiger partial charge in [0.2, 0.25) is 5.91 Å². The molecule has 1 aromatic rings. The summed E-state index contributed by atoms with van der Waals surface area (Å²) in [6, 6.07) is 7.95. The fraction of sp³-hybridized carbons (Fsp3) is 0.562. The molecule has 1 amide bonds. The van der Waals surface area contributed by atoms with Gasteiger partial charge in [0.15, 0.2) is 0 Å². The summed E-state index contributed by atoms with van der Waals surface area (Å²) < 4.78 is 5.14. The molecule has 21 heavy (non-hydrogen) atoms. The van der Waals surface area contributed by atoms with Crippen LogP contribution in [-0.4, -0.2) is 50.1 Å². The maximum Gasteiger partial charge on any atom is 0.238 e. The molecule has 2 rings (SSSR count). The minimum absolute atomic E-state index is 0.0238. The van der Waals surface area contributed by atoms with Gasteiger partial charge in [-0.25, -0.2) is 0 Å². The number of methoxy groups -OCH3 is 1. The normalized spacial score (nSPS) is 18.7. The molecule has 1 saturated heterocycles. The second-order valence-electron chi connectivity index (χ2n) is 5.34. The largest absolute Gasteiger partial charge is 0.497 e. The number of benzene rings is 1. The molecule has 1 unspecified atom stereocenters. The van der Waals surface area contributed by atoms with Gasteiger partial charge in [0.1, 0.15) is 5.75 Å². The van der Waals surface area contributed by atoms with Crippen molar-refractivity contribution in [1.29, 1.82) is 0 Å². The highest BCUT2D eigenvalue weighted by Crippen LogP contribution is 2.17. The van der Waals surface area contributed by atoms with Crippen molar-refractivity contribution in [3.05, 3.63) is 24.3 Å². The van der Waals surface area contributed by atoms with Gasteiger partial charge in [-0.05, 0) is 38.1 Å². The van der Waals surface area contributed by atoms with E-state index in [0.717, 1.165) is 24.5 Å². The highest BCUT2D eigenvalue weighted by atomic mass is 16.5. The molecule has 0 radical (unpaired) electrons. The van der Waals surface area contributed by atoms with E-state index in [9.17, 15) is 4.79 Å². The molecule has 0 aromatic heterocycles. The van der Waals surface area contributed by atoms with E-state index < -0.39 is 0 Å².